The number of hydrogen-bond acceptors (Lipinski definition) is 9. The molecule has 2 aromatic rings. The number of benzene rings is 1. The van der Waals surface area contributed by atoms with E-state index >= 15 is 0 Å². The summed E-state index contributed by atoms with van der Waals surface area (Å²) in [6.07, 6.45) is 1.26. The van der Waals surface area contributed by atoms with Gasteiger partial charge in [-0.2, -0.15) is 10.1 Å². The highest BCUT2D eigenvalue weighted by molar-refractivity contribution is 5.76. The Morgan fingerprint density at radius 2 is 2.06 bits per heavy atom. The van der Waals surface area contributed by atoms with Crippen LogP contribution >= 0.6 is 0 Å². The molecule has 10 nitrogen and oxygen atoms in total. The normalized spacial score (nSPS) is 16.6. The summed E-state index contributed by atoms with van der Waals surface area (Å²) in [5.41, 5.74) is 5.02. The lowest BCUT2D eigenvalue weighted by atomic mass is 10.2. The Hall–Kier alpha value is -3.40. The van der Waals surface area contributed by atoms with Gasteiger partial charge in [0.15, 0.2) is 5.82 Å². The first-order valence-electron chi connectivity index (χ1n) is 10.3. The summed E-state index contributed by atoms with van der Waals surface area (Å²) in [6.45, 7) is 6.55. The predicted octanol–water partition coefficient (Wildman–Crippen LogP) is 1.90. The van der Waals surface area contributed by atoms with Crippen molar-refractivity contribution in [2.24, 2.45) is 5.10 Å². The van der Waals surface area contributed by atoms with Gasteiger partial charge in [0.25, 0.3) is 0 Å². The zero-order valence-corrected chi connectivity index (χ0v) is 17.5. The highest BCUT2D eigenvalue weighted by atomic mass is 16.6. The van der Waals surface area contributed by atoms with E-state index in [1.807, 2.05) is 31.2 Å². The minimum atomic E-state index is -0.310. The lowest BCUT2D eigenvalue weighted by molar-refractivity contribution is 0.122. The number of cyclic esters (lactones) is 1. The first-order valence-corrected chi connectivity index (χ1v) is 10.3. The fourth-order valence-corrected chi connectivity index (χ4v) is 3.28. The van der Waals surface area contributed by atoms with Gasteiger partial charge < -0.3 is 24.0 Å². The van der Waals surface area contributed by atoms with Crippen molar-refractivity contribution in [1.29, 1.82) is 0 Å². The van der Waals surface area contributed by atoms with E-state index in [1.165, 1.54) is 0 Å². The van der Waals surface area contributed by atoms with E-state index in [4.69, 9.17) is 14.2 Å². The molecule has 1 aromatic carbocycles. The van der Waals surface area contributed by atoms with Gasteiger partial charge in [0.05, 0.1) is 38.2 Å². The molecule has 0 radical (unpaired) electrons. The van der Waals surface area contributed by atoms with E-state index in [2.05, 4.69) is 25.4 Å². The smallest absolute Gasteiger partial charge is 0.410 e. The number of amides is 1. The first kappa shape index (κ1) is 20.9. The summed E-state index contributed by atoms with van der Waals surface area (Å²) in [7, 11) is 0. The molecule has 0 bridgehead atoms. The number of carbonyl (C=O) groups excluding carboxylic acids is 1. The second-order valence-corrected chi connectivity index (χ2v) is 7.21. The van der Waals surface area contributed by atoms with Crippen LogP contribution in [0.2, 0.25) is 0 Å². The quantitative estimate of drug-likeness (QED) is 0.505. The van der Waals surface area contributed by atoms with Crippen molar-refractivity contribution < 1.29 is 19.0 Å². The van der Waals surface area contributed by atoms with Crippen molar-refractivity contribution in [2.75, 3.05) is 62.9 Å². The predicted molar refractivity (Wildman–Crippen MR) is 116 cm³/mol. The Morgan fingerprint density at radius 3 is 2.84 bits per heavy atom. The number of aryl methyl sites for hydroxylation is 1. The summed E-state index contributed by atoms with van der Waals surface area (Å²) in [5, 5.41) is 4.27. The van der Waals surface area contributed by atoms with Crippen LogP contribution in [0.15, 0.2) is 35.4 Å². The average Bonchev–Trinajstić information content (AvgIpc) is 3.19. The highest BCUT2D eigenvalue weighted by Crippen LogP contribution is 2.19. The van der Waals surface area contributed by atoms with Crippen LogP contribution in [0.3, 0.4) is 0 Å². The summed E-state index contributed by atoms with van der Waals surface area (Å²) < 4.78 is 16.2. The number of nitrogens with zero attached hydrogens (tertiary/aromatic N) is 5. The summed E-state index contributed by atoms with van der Waals surface area (Å²) in [4.78, 5) is 24.4. The fourth-order valence-electron chi connectivity index (χ4n) is 3.28. The number of hydrazone groups is 1. The molecule has 1 aromatic heterocycles. The third-order valence-electron chi connectivity index (χ3n) is 4.89. The molecule has 4 rings (SSSR count). The van der Waals surface area contributed by atoms with Gasteiger partial charge in [-0.1, -0.05) is 12.1 Å². The Kier molecular flexibility index (Phi) is 6.78. The largest absolute Gasteiger partial charge is 0.476 e. The lowest BCUT2D eigenvalue weighted by Gasteiger charge is -2.28. The van der Waals surface area contributed by atoms with Crippen molar-refractivity contribution in [2.45, 2.75) is 6.92 Å². The Bertz CT molecular complexity index is 932. The maximum atomic E-state index is 11.6. The van der Waals surface area contributed by atoms with Crippen LogP contribution in [0.5, 0.6) is 5.88 Å². The molecule has 2 aliphatic rings. The fraction of sp³-hybridized carbons (Fsp3) is 0.429. The highest BCUT2D eigenvalue weighted by Gasteiger charge is 2.21. The van der Waals surface area contributed by atoms with Gasteiger partial charge in [0.2, 0.25) is 5.88 Å². The summed E-state index contributed by atoms with van der Waals surface area (Å²) >= 11 is 0. The van der Waals surface area contributed by atoms with Gasteiger partial charge in [-0.3, -0.25) is 5.43 Å². The van der Waals surface area contributed by atoms with E-state index in [0.717, 1.165) is 30.2 Å². The zero-order valence-electron chi connectivity index (χ0n) is 17.5. The lowest BCUT2D eigenvalue weighted by Crippen LogP contribution is -2.37. The van der Waals surface area contributed by atoms with Gasteiger partial charge in [-0.15, -0.1) is 0 Å². The van der Waals surface area contributed by atoms with Crippen molar-refractivity contribution in [3.8, 4) is 5.88 Å². The molecular formula is C21H26N6O4. The molecule has 31 heavy (non-hydrogen) atoms. The van der Waals surface area contributed by atoms with Crippen LogP contribution in [-0.4, -0.2) is 79.8 Å². The van der Waals surface area contributed by atoms with Crippen molar-refractivity contribution >= 4 is 23.8 Å². The molecule has 2 aliphatic heterocycles. The maximum absolute atomic E-state index is 11.6. The number of hydrogen-bond donors (Lipinski definition) is 1. The van der Waals surface area contributed by atoms with Gasteiger partial charge in [0, 0.05) is 19.2 Å². The number of morpholine rings is 1. The monoisotopic (exact) mass is 426 g/mol. The number of nitrogens with one attached hydrogen (secondary N) is 1. The molecule has 0 unspecified atom stereocenters. The van der Waals surface area contributed by atoms with Crippen molar-refractivity contribution in [3.63, 3.8) is 0 Å². The third-order valence-corrected chi connectivity index (χ3v) is 4.89. The van der Waals surface area contributed by atoms with Crippen LogP contribution in [-0.2, 0) is 9.47 Å². The van der Waals surface area contributed by atoms with Gasteiger partial charge in [-0.25, -0.2) is 9.78 Å². The van der Waals surface area contributed by atoms with Crippen molar-refractivity contribution in [3.05, 3.63) is 41.7 Å². The molecule has 0 saturated carbocycles. The van der Waals surface area contributed by atoms with Crippen LogP contribution in [0, 0.1) is 6.92 Å². The zero-order chi connectivity index (χ0) is 21.5. The van der Waals surface area contributed by atoms with Crippen LogP contribution in [0.25, 0.3) is 0 Å². The molecule has 0 spiro atoms. The molecule has 0 atom stereocenters. The molecule has 1 N–H and O–H groups in total. The van der Waals surface area contributed by atoms with Gasteiger partial charge >= 0.3 is 6.09 Å². The maximum Gasteiger partial charge on any atom is 0.410 e. The van der Waals surface area contributed by atoms with Crippen LogP contribution < -0.4 is 15.1 Å². The Balaban J connectivity index is 1.45. The molecular weight excluding hydrogens is 400 g/mol. The number of anilines is 2. The van der Waals surface area contributed by atoms with E-state index in [0.29, 0.717) is 51.2 Å². The minimum Gasteiger partial charge on any atom is -0.476 e. The summed E-state index contributed by atoms with van der Waals surface area (Å²) in [5.74, 6) is 1.62. The van der Waals surface area contributed by atoms with E-state index in [9.17, 15) is 4.79 Å². The SMILES string of the molecule is Cc1cccc(NN=Cc2nc(OCCN3CCOC3=O)cc(N3CCOCC3)n2)c1. The number of rotatable bonds is 8. The second kappa shape index (κ2) is 10.1. The van der Waals surface area contributed by atoms with Gasteiger partial charge in [-0.05, 0) is 24.6 Å². The summed E-state index contributed by atoms with van der Waals surface area (Å²) in [6, 6.07) is 9.73. The number of carbonyl (C=O) groups is 1. The first-order chi connectivity index (χ1) is 15.2. The van der Waals surface area contributed by atoms with Gasteiger partial charge in [0.1, 0.15) is 19.0 Å². The molecule has 164 valence electrons. The standard InChI is InChI=1S/C21H26N6O4/c1-16-3-2-4-17(13-16)25-22-15-18-23-19(26-5-9-29-10-6-26)14-20(24-18)30-11-7-27-8-12-31-21(27)28/h2-4,13-15,25H,5-12H2,1H3. The molecule has 1 amide bonds. The van der Waals surface area contributed by atoms with Crippen LogP contribution in [0.4, 0.5) is 16.3 Å². The molecule has 0 aliphatic carbocycles. The third kappa shape index (κ3) is 5.82. The van der Waals surface area contributed by atoms with Crippen molar-refractivity contribution in [1.82, 2.24) is 14.9 Å². The number of aromatic nitrogens is 2. The molecule has 3 heterocycles. The van der Waals surface area contributed by atoms with E-state index in [-0.39, 0.29) is 6.09 Å². The Morgan fingerprint density at radius 1 is 1.19 bits per heavy atom. The molecule has 2 saturated heterocycles. The molecule has 2 fully saturated rings. The van der Waals surface area contributed by atoms with E-state index < -0.39 is 0 Å². The number of ether oxygens (including phenoxy) is 3. The minimum absolute atomic E-state index is 0.310. The second-order valence-electron chi connectivity index (χ2n) is 7.21. The Labute approximate surface area is 180 Å². The van der Waals surface area contributed by atoms with E-state index in [1.54, 1.807) is 17.2 Å². The van der Waals surface area contributed by atoms with Crippen LogP contribution in [0.1, 0.15) is 11.4 Å². The topological polar surface area (TPSA) is 101 Å². The molecule has 10 heteroatoms. The average molecular weight is 426 g/mol.